The van der Waals surface area contributed by atoms with Crippen molar-refractivity contribution in [2.24, 2.45) is 0 Å². The van der Waals surface area contributed by atoms with Crippen molar-refractivity contribution >= 4 is 23.2 Å². The van der Waals surface area contributed by atoms with Gasteiger partial charge in [-0.2, -0.15) is 0 Å². The molecule has 0 aliphatic carbocycles. The molecule has 2 aromatic rings. The predicted octanol–water partition coefficient (Wildman–Crippen LogP) is 3.76. The molecule has 1 amide bonds. The summed E-state index contributed by atoms with van der Waals surface area (Å²) in [7, 11) is 0. The van der Waals surface area contributed by atoms with Gasteiger partial charge in [-0.3, -0.25) is 4.79 Å². The number of aryl methyl sites for hydroxylation is 1. The Labute approximate surface area is 146 Å². The number of halogens is 2. The highest BCUT2D eigenvalue weighted by Gasteiger charge is 2.21. The second-order valence-corrected chi connectivity index (χ2v) is 6.41. The first-order valence-electron chi connectivity index (χ1n) is 8.14. The highest BCUT2D eigenvalue weighted by molar-refractivity contribution is 6.30. The van der Waals surface area contributed by atoms with E-state index in [1.54, 1.807) is 12.1 Å². The van der Waals surface area contributed by atoms with E-state index in [0.29, 0.717) is 31.0 Å². The lowest BCUT2D eigenvalue weighted by Crippen LogP contribution is -2.48. The van der Waals surface area contributed by atoms with E-state index in [9.17, 15) is 9.18 Å². The Morgan fingerprint density at radius 3 is 2.42 bits per heavy atom. The molecule has 126 valence electrons. The molecule has 0 saturated carbocycles. The van der Waals surface area contributed by atoms with Crippen molar-refractivity contribution in [3.8, 4) is 0 Å². The predicted molar refractivity (Wildman–Crippen MR) is 95.0 cm³/mol. The molecule has 2 aromatic carbocycles. The third-order valence-electron chi connectivity index (χ3n) is 4.34. The molecule has 24 heavy (non-hydrogen) atoms. The minimum Gasteiger partial charge on any atom is -0.368 e. The van der Waals surface area contributed by atoms with Crippen LogP contribution in [0.3, 0.4) is 0 Å². The van der Waals surface area contributed by atoms with Crippen LogP contribution in [0.1, 0.15) is 12.0 Å². The largest absolute Gasteiger partial charge is 0.368 e. The first-order chi connectivity index (χ1) is 11.6. The zero-order valence-corrected chi connectivity index (χ0v) is 14.2. The molecule has 1 heterocycles. The fraction of sp³-hybridized carbons (Fsp3) is 0.316. The second kappa shape index (κ2) is 7.67. The Bertz CT molecular complexity index is 697. The van der Waals surface area contributed by atoms with Crippen LogP contribution >= 0.6 is 11.6 Å². The van der Waals surface area contributed by atoms with Gasteiger partial charge in [-0.25, -0.2) is 4.39 Å². The number of nitrogens with zero attached hydrogens (tertiary/aromatic N) is 2. The van der Waals surface area contributed by atoms with Crippen LogP contribution in [0.2, 0.25) is 5.02 Å². The molecule has 1 fully saturated rings. The Balaban J connectivity index is 1.49. The topological polar surface area (TPSA) is 23.6 Å². The van der Waals surface area contributed by atoms with E-state index >= 15 is 0 Å². The van der Waals surface area contributed by atoms with E-state index in [4.69, 9.17) is 11.6 Å². The fourth-order valence-corrected chi connectivity index (χ4v) is 3.18. The summed E-state index contributed by atoms with van der Waals surface area (Å²) in [5.74, 6) is -0.0534. The molecule has 0 unspecified atom stereocenters. The minimum atomic E-state index is -0.228. The average molecular weight is 347 g/mol. The lowest BCUT2D eigenvalue weighted by atomic mass is 10.1. The van der Waals surface area contributed by atoms with Gasteiger partial charge in [0.15, 0.2) is 0 Å². The summed E-state index contributed by atoms with van der Waals surface area (Å²) < 4.78 is 13.0. The van der Waals surface area contributed by atoms with E-state index in [0.717, 1.165) is 24.3 Å². The lowest BCUT2D eigenvalue weighted by molar-refractivity contribution is -0.131. The minimum absolute atomic E-state index is 0.175. The van der Waals surface area contributed by atoms with Gasteiger partial charge in [-0.05, 0) is 48.4 Å². The van der Waals surface area contributed by atoms with Crippen LogP contribution in [0, 0.1) is 5.82 Å². The summed E-state index contributed by atoms with van der Waals surface area (Å²) in [4.78, 5) is 16.5. The Hall–Kier alpha value is -2.07. The van der Waals surface area contributed by atoms with Gasteiger partial charge in [-0.1, -0.05) is 23.7 Å². The molecule has 0 spiro atoms. The summed E-state index contributed by atoms with van der Waals surface area (Å²) in [6.45, 7) is 2.95. The quantitative estimate of drug-likeness (QED) is 0.841. The lowest BCUT2D eigenvalue weighted by Gasteiger charge is -2.36. The van der Waals surface area contributed by atoms with Gasteiger partial charge < -0.3 is 9.80 Å². The number of benzene rings is 2. The van der Waals surface area contributed by atoms with Crippen molar-refractivity contribution in [1.29, 1.82) is 0 Å². The number of anilines is 1. The molecule has 1 aliphatic heterocycles. The van der Waals surface area contributed by atoms with Gasteiger partial charge in [0.2, 0.25) is 5.91 Å². The van der Waals surface area contributed by atoms with Gasteiger partial charge in [-0.15, -0.1) is 0 Å². The number of hydrogen-bond donors (Lipinski definition) is 0. The molecular formula is C19H20ClFN2O. The third-order valence-corrected chi connectivity index (χ3v) is 4.58. The van der Waals surface area contributed by atoms with Gasteiger partial charge in [0, 0.05) is 43.3 Å². The van der Waals surface area contributed by atoms with E-state index in [2.05, 4.69) is 4.90 Å². The number of amides is 1. The van der Waals surface area contributed by atoms with Gasteiger partial charge in [0.05, 0.1) is 0 Å². The number of rotatable bonds is 4. The molecule has 0 atom stereocenters. The molecule has 1 aliphatic rings. The third kappa shape index (κ3) is 4.26. The molecule has 0 aromatic heterocycles. The first kappa shape index (κ1) is 16.8. The van der Waals surface area contributed by atoms with Crippen molar-refractivity contribution in [3.63, 3.8) is 0 Å². The molecular weight excluding hydrogens is 327 g/mol. The SMILES string of the molecule is O=C(CCc1cccc(Cl)c1)N1CCN(c2ccc(F)cc2)CC1. The molecule has 5 heteroatoms. The molecule has 0 bridgehead atoms. The monoisotopic (exact) mass is 346 g/mol. The summed E-state index contributed by atoms with van der Waals surface area (Å²) in [6.07, 6.45) is 1.20. The Morgan fingerprint density at radius 2 is 1.75 bits per heavy atom. The first-order valence-corrected chi connectivity index (χ1v) is 8.52. The summed E-state index contributed by atoms with van der Waals surface area (Å²) in [5, 5.41) is 0.702. The zero-order chi connectivity index (χ0) is 16.9. The van der Waals surface area contributed by atoms with Gasteiger partial charge in [0.25, 0.3) is 0 Å². The maximum absolute atomic E-state index is 13.0. The van der Waals surface area contributed by atoms with E-state index in [1.807, 2.05) is 29.2 Å². The zero-order valence-electron chi connectivity index (χ0n) is 13.4. The van der Waals surface area contributed by atoms with Gasteiger partial charge in [0.1, 0.15) is 5.82 Å². The van der Waals surface area contributed by atoms with Crippen LogP contribution in [0.5, 0.6) is 0 Å². The highest BCUT2D eigenvalue weighted by Crippen LogP contribution is 2.18. The van der Waals surface area contributed by atoms with Crippen molar-refractivity contribution < 1.29 is 9.18 Å². The van der Waals surface area contributed by atoms with Crippen LogP contribution in [-0.4, -0.2) is 37.0 Å². The maximum atomic E-state index is 13.0. The van der Waals surface area contributed by atoms with E-state index < -0.39 is 0 Å². The molecule has 0 radical (unpaired) electrons. The van der Waals surface area contributed by atoms with Crippen LogP contribution < -0.4 is 4.90 Å². The van der Waals surface area contributed by atoms with E-state index in [1.165, 1.54) is 12.1 Å². The van der Waals surface area contributed by atoms with Crippen LogP contribution in [-0.2, 0) is 11.2 Å². The standard InChI is InChI=1S/C19H20ClFN2O/c20-16-3-1-2-15(14-16)4-9-19(24)23-12-10-22(11-13-23)18-7-5-17(21)6-8-18/h1-3,5-8,14H,4,9-13H2. The molecule has 0 N–H and O–H groups in total. The molecule has 1 saturated heterocycles. The number of piperazine rings is 1. The van der Waals surface area contributed by atoms with Crippen molar-refractivity contribution in [1.82, 2.24) is 4.90 Å². The van der Waals surface area contributed by atoms with Gasteiger partial charge >= 0.3 is 0 Å². The summed E-state index contributed by atoms with van der Waals surface area (Å²) in [5.41, 5.74) is 2.09. The second-order valence-electron chi connectivity index (χ2n) is 5.97. The molecule has 3 nitrogen and oxygen atoms in total. The summed E-state index contributed by atoms with van der Waals surface area (Å²) in [6, 6.07) is 14.1. The van der Waals surface area contributed by atoms with Crippen LogP contribution in [0.25, 0.3) is 0 Å². The fourth-order valence-electron chi connectivity index (χ4n) is 2.97. The van der Waals surface area contributed by atoms with E-state index in [-0.39, 0.29) is 11.7 Å². The maximum Gasteiger partial charge on any atom is 0.223 e. The highest BCUT2D eigenvalue weighted by atomic mass is 35.5. The van der Waals surface area contributed by atoms with Crippen molar-refractivity contribution in [2.45, 2.75) is 12.8 Å². The number of carbonyl (C=O) groups excluding carboxylic acids is 1. The average Bonchev–Trinajstić information content (AvgIpc) is 2.61. The Kier molecular flexibility index (Phi) is 5.36. The summed E-state index contributed by atoms with van der Waals surface area (Å²) >= 11 is 5.97. The number of carbonyl (C=O) groups is 1. The van der Waals surface area contributed by atoms with Crippen molar-refractivity contribution in [2.75, 3.05) is 31.1 Å². The Morgan fingerprint density at radius 1 is 1.04 bits per heavy atom. The molecule has 3 rings (SSSR count). The number of hydrogen-bond acceptors (Lipinski definition) is 2. The van der Waals surface area contributed by atoms with Crippen molar-refractivity contribution in [3.05, 3.63) is 64.9 Å². The smallest absolute Gasteiger partial charge is 0.223 e. The van der Waals surface area contributed by atoms with Crippen LogP contribution in [0.15, 0.2) is 48.5 Å². The normalized spacial score (nSPS) is 14.8. The van der Waals surface area contributed by atoms with Crippen LogP contribution in [0.4, 0.5) is 10.1 Å².